The molecule has 0 saturated carbocycles. The maximum Gasteiger partial charge on any atom is 0.315 e. The van der Waals surface area contributed by atoms with Crippen molar-refractivity contribution in [3.8, 4) is 0 Å². The lowest BCUT2D eigenvalue weighted by molar-refractivity contribution is -0.135. The number of carbonyl (C=O) groups excluding carboxylic acids is 3. The number of nitrogens with zero attached hydrogens (tertiary/aromatic N) is 3. The maximum absolute atomic E-state index is 12.6. The van der Waals surface area contributed by atoms with E-state index in [0.717, 1.165) is 77.1 Å². The summed E-state index contributed by atoms with van der Waals surface area (Å²) >= 11 is 1.93. The number of rotatable bonds is 7. The molecule has 168 valence electrons. The standard InChI is InChI=1S/C21H35N5O3S/c27-18(7-3-2-6-17-20-16(15-30-17)22-21(29)23-20)26-12-10-24(11-13-26)14-19(28)25-8-4-1-5-9-25/h16-17,20H,1-15H2,(H2,22,23,29)/t16-,17-,20-/m1/s1. The molecule has 4 rings (SSSR count). The third-order valence-electron chi connectivity index (χ3n) is 6.86. The van der Waals surface area contributed by atoms with Crippen molar-refractivity contribution >= 4 is 29.6 Å². The number of hydrogen-bond acceptors (Lipinski definition) is 5. The minimum absolute atomic E-state index is 0.0396. The number of nitrogens with one attached hydrogen (secondary N) is 2. The van der Waals surface area contributed by atoms with Crippen molar-refractivity contribution in [2.45, 2.75) is 62.3 Å². The normalized spacial score (nSPS) is 29.5. The Labute approximate surface area is 183 Å². The average Bonchev–Trinajstić information content (AvgIpc) is 3.31. The molecule has 0 aromatic heterocycles. The first kappa shape index (κ1) is 21.7. The first-order valence-corrected chi connectivity index (χ1v) is 12.6. The van der Waals surface area contributed by atoms with E-state index in [1.165, 1.54) is 6.42 Å². The van der Waals surface area contributed by atoms with Crippen LogP contribution >= 0.6 is 11.8 Å². The van der Waals surface area contributed by atoms with Gasteiger partial charge in [0.1, 0.15) is 0 Å². The van der Waals surface area contributed by atoms with Crippen molar-refractivity contribution in [2.24, 2.45) is 0 Å². The van der Waals surface area contributed by atoms with Gasteiger partial charge in [-0.3, -0.25) is 14.5 Å². The van der Waals surface area contributed by atoms with Crippen LogP contribution in [0.1, 0.15) is 44.9 Å². The van der Waals surface area contributed by atoms with Crippen molar-refractivity contribution in [3.63, 3.8) is 0 Å². The second kappa shape index (κ2) is 10.2. The Balaban J connectivity index is 1.09. The van der Waals surface area contributed by atoms with E-state index in [2.05, 4.69) is 15.5 Å². The largest absolute Gasteiger partial charge is 0.342 e. The highest BCUT2D eigenvalue weighted by Gasteiger charge is 2.42. The second-order valence-corrected chi connectivity index (χ2v) is 10.2. The number of urea groups is 1. The molecule has 0 aromatic carbocycles. The smallest absolute Gasteiger partial charge is 0.315 e. The van der Waals surface area contributed by atoms with Crippen LogP contribution in [0.5, 0.6) is 0 Å². The summed E-state index contributed by atoms with van der Waals surface area (Å²) in [7, 11) is 0. The fourth-order valence-electron chi connectivity index (χ4n) is 5.01. The van der Waals surface area contributed by atoms with E-state index in [4.69, 9.17) is 0 Å². The van der Waals surface area contributed by atoms with Crippen molar-refractivity contribution in [1.82, 2.24) is 25.3 Å². The maximum atomic E-state index is 12.6. The van der Waals surface area contributed by atoms with Gasteiger partial charge in [-0.1, -0.05) is 6.42 Å². The molecule has 2 N–H and O–H groups in total. The number of fused-ring (bicyclic) bond motifs is 1. The number of amides is 4. The second-order valence-electron chi connectivity index (χ2n) is 8.97. The Kier molecular flexibility index (Phi) is 7.41. The van der Waals surface area contributed by atoms with Crippen LogP contribution in [0.4, 0.5) is 4.79 Å². The molecule has 30 heavy (non-hydrogen) atoms. The van der Waals surface area contributed by atoms with Crippen LogP contribution in [0.3, 0.4) is 0 Å². The zero-order chi connectivity index (χ0) is 20.9. The summed E-state index contributed by atoms with van der Waals surface area (Å²) in [6, 6.07) is 0.480. The molecule has 0 unspecified atom stereocenters. The summed E-state index contributed by atoms with van der Waals surface area (Å²) in [5.41, 5.74) is 0. The van der Waals surface area contributed by atoms with Crippen LogP contribution in [0.25, 0.3) is 0 Å². The van der Waals surface area contributed by atoms with Gasteiger partial charge in [0.2, 0.25) is 11.8 Å². The molecular weight excluding hydrogens is 402 g/mol. The van der Waals surface area contributed by atoms with E-state index < -0.39 is 0 Å². The zero-order valence-corrected chi connectivity index (χ0v) is 18.6. The summed E-state index contributed by atoms with van der Waals surface area (Å²) in [6.45, 7) is 5.34. The predicted octanol–water partition coefficient (Wildman–Crippen LogP) is 0.869. The highest BCUT2D eigenvalue weighted by atomic mass is 32.2. The third-order valence-corrected chi connectivity index (χ3v) is 8.37. The molecule has 4 aliphatic heterocycles. The van der Waals surface area contributed by atoms with Crippen molar-refractivity contribution in [1.29, 1.82) is 0 Å². The topological polar surface area (TPSA) is 85.0 Å². The molecule has 4 heterocycles. The number of hydrogen-bond donors (Lipinski definition) is 2. The lowest BCUT2D eigenvalue weighted by atomic mass is 10.0. The van der Waals surface area contributed by atoms with E-state index in [1.54, 1.807) is 0 Å². The highest BCUT2D eigenvalue weighted by molar-refractivity contribution is 8.00. The molecule has 4 saturated heterocycles. The Morgan fingerprint density at radius 2 is 1.63 bits per heavy atom. The van der Waals surface area contributed by atoms with E-state index in [0.29, 0.717) is 18.2 Å². The van der Waals surface area contributed by atoms with Gasteiger partial charge in [-0.05, 0) is 32.1 Å². The SMILES string of the molecule is O=C1N[C@@H]2[C@@H](CS[C@@H]2CCCCC(=O)N2CCN(CC(=O)N3CCCCC3)CC2)N1. The van der Waals surface area contributed by atoms with Crippen LogP contribution in [0.15, 0.2) is 0 Å². The minimum Gasteiger partial charge on any atom is -0.342 e. The molecular formula is C21H35N5O3S. The van der Waals surface area contributed by atoms with Gasteiger partial charge in [-0.15, -0.1) is 0 Å². The van der Waals surface area contributed by atoms with Crippen LogP contribution in [-0.4, -0.2) is 101 Å². The molecule has 8 nitrogen and oxygen atoms in total. The summed E-state index contributed by atoms with van der Waals surface area (Å²) in [4.78, 5) is 42.6. The lowest BCUT2D eigenvalue weighted by Gasteiger charge is -2.36. The van der Waals surface area contributed by atoms with Gasteiger partial charge < -0.3 is 20.4 Å². The molecule has 0 bridgehead atoms. The van der Waals surface area contributed by atoms with Crippen LogP contribution in [0.2, 0.25) is 0 Å². The monoisotopic (exact) mass is 437 g/mol. The van der Waals surface area contributed by atoms with Crippen molar-refractivity contribution < 1.29 is 14.4 Å². The van der Waals surface area contributed by atoms with E-state index in [1.807, 2.05) is 21.6 Å². The first-order valence-electron chi connectivity index (χ1n) is 11.6. The predicted molar refractivity (Wildman–Crippen MR) is 117 cm³/mol. The van der Waals surface area contributed by atoms with Gasteiger partial charge in [0.25, 0.3) is 0 Å². The van der Waals surface area contributed by atoms with E-state index in [-0.39, 0.29) is 29.9 Å². The summed E-state index contributed by atoms with van der Waals surface area (Å²) in [5.74, 6) is 1.47. The Hall–Kier alpha value is -1.48. The minimum atomic E-state index is -0.0396. The molecule has 0 spiro atoms. The average molecular weight is 438 g/mol. The van der Waals surface area contributed by atoms with Crippen LogP contribution < -0.4 is 10.6 Å². The Morgan fingerprint density at radius 1 is 0.900 bits per heavy atom. The van der Waals surface area contributed by atoms with Crippen LogP contribution in [0, 0.1) is 0 Å². The van der Waals surface area contributed by atoms with Gasteiger partial charge >= 0.3 is 6.03 Å². The van der Waals surface area contributed by atoms with Gasteiger partial charge in [0.15, 0.2) is 0 Å². The Bertz CT molecular complexity index is 634. The van der Waals surface area contributed by atoms with Gasteiger partial charge in [0.05, 0.1) is 18.6 Å². The summed E-state index contributed by atoms with van der Waals surface area (Å²) < 4.78 is 0. The van der Waals surface area contributed by atoms with Gasteiger partial charge in [-0.2, -0.15) is 11.8 Å². The highest BCUT2D eigenvalue weighted by Crippen LogP contribution is 2.33. The Morgan fingerprint density at radius 3 is 2.40 bits per heavy atom. The van der Waals surface area contributed by atoms with Gasteiger partial charge in [0, 0.05) is 56.7 Å². The van der Waals surface area contributed by atoms with Gasteiger partial charge in [-0.25, -0.2) is 4.79 Å². The fourth-order valence-corrected chi connectivity index (χ4v) is 6.56. The molecule has 9 heteroatoms. The van der Waals surface area contributed by atoms with Crippen molar-refractivity contribution in [3.05, 3.63) is 0 Å². The molecule has 0 aromatic rings. The lowest BCUT2D eigenvalue weighted by Crippen LogP contribution is -2.52. The number of thioether (sulfide) groups is 1. The van der Waals surface area contributed by atoms with Crippen LogP contribution in [-0.2, 0) is 9.59 Å². The first-order chi connectivity index (χ1) is 14.6. The van der Waals surface area contributed by atoms with E-state index in [9.17, 15) is 14.4 Å². The molecule has 0 radical (unpaired) electrons. The third kappa shape index (κ3) is 5.41. The number of unbranched alkanes of at least 4 members (excludes halogenated alkanes) is 1. The molecule has 4 aliphatic rings. The quantitative estimate of drug-likeness (QED) is 0.456. The fraction of sp³-hybridized carbons (Fsp3) is 0.857. The number of piperidine rings is 1. The van der Waals surface area contributed by atoms with Crippen molar-refractivity contribution in [2.75, 3.05) is 51.6 Å². The molecule has 0 aliphatic carbocycles. The number of carbonyl (C=O) groups is 3. The summed E-state index contributed by atoms with van der Waals surface area (Å²) in [6.07, 6.45) is 7.06. The number of piperazine rings is 1. The van der Waals surface area contributed by atoms with E-state index >= 15 is 0 Å². The zero-order valence-electron chi connectivity index (χ0n) is 17.8. The molecule has 4 fully saturated rings. The summed E-state index contributed by atoms with van der Waals surface area (Å²) in [5, 5.41) is 6.46. The molecule has 3 atom stereocenters. The molecule has 4 amide bonds. The number of likely N-dealkylation sites (tertiary alicyclic amines) is 1.